The topological polar surface area (TPSA) is 52.6 Å². The SMILES string of the molecule is CCCN1CCN(C(=O)c2cc(C)nc(C3CCN(C)CC3)n2)CC1. The van der Waals surface area contributed by atoms with Gasteiger partial charge in [-0.2, -0.15) is 0 Å². The molecule has 1 aromatic heterocycles. The molecule has 1 amide bonds. The van der Waals surface area contributed by atoms with E-state index in [1.54, 1.807) is 0 Å². The van der Waals surface area contributed by atoms with Gasteiger partial charge in [-0.3, -0.25) is 9.69 Å². The molecule has 3 rings (SSSR count). The second-order valence-electron chi connectivity index (χ2n) is 7.46. The van der Waals surface area contributed by atoms with Gasteiger partial charge in [-0.1, -0.05) is 6.92 Å². The molecule has 0 spiro atoms. The fraction of sp³-hybridized carbons (Fsp3) is 0.737. The second kappa shape index (κ2) is 8.23. The van der Waals surface area contributed by atoms with Crippen molar-refractivity contribution in [2.24, 2.45) is 0 Å². The van der Waals surface area contributed by atoms with Crippen LogP contribution in [0.25, 0.3) is 0 Å². The van der Waals surface area contributed by atoms with E-state index in [1.807, 2.05) is 17.9 Å². The van der Waals surface area contributed by atoms with E-state index in [2.05, 4.69) is 33.7 Å². The number of amides is 1. The number of rotatable bonds is 4. The summed E-state index contributed by atoms with van der Waals surface area (Å²) in [6.07, 6.45) is 3.31. The van der Waals surface area contributed by atoms with Gasteiger partial charge < -0.3 is 9.80 Å². The molecule has 3 heterocycles. The Hall–Kier alpha value is -1.53. The molecule has 0 N–H and O–H groups in total. The number of aryl methyl sites for hydroxylation is 1. The molecule has 2 fully saturated rings. The number of carbonyl (C=O) groups is 1. The zero-order valence-electron chi connectivity index (χ0n) is 15.9. The number of nitrogens with zero attached hydrogens (tertiary/aromatic N) is 5. The summed E-state index contributed by atoms with van der Waals surface area (Å²) >= 11 is 0. The lowest BCUT2D eigenvalue weighted by atomic mass is 9.96. The van der Waals surface area contributed by atoms with Gasteiger partial charge in [0.05, 0.1) is 0 Å². The zero-order valence-corrected chi connectivity index (χ0v) is 15.9. The summed E-state index contributed by atoms with van der Waals surface area (Å²) in [5.74, 6) is 1.31. The maximum absolute atomic E-state index is 12.9. The van der Waals surface area contributed by atoms with E-state index in [0.717, 1.165) is 70.2 Å². The Morgan fingerprint density at radius 2 is 1.80 bits per heavy atom. The highest BCUT2D eigenvalue weighted by molar-refractivity contribution is 5.92. The van der Waals surface area contributed by atoms with E-state index in [1.165, 1.54) is 6.42 Å². The summed E-state index contributed by atoms with van der Waals surface area (Å²) in [5, 5.41) is 0. The summed E-state index contributed by atoms with van der Waals surface area (Å²) in [4.78, 5) is 29.0. The average Bonchev–Trinajstić information content (AvgIpc) is 2.62. The summed E-state index contributed by atoms with van der Waals surface area (Å²) in [5.41, 5.74) is 1.47. The third-order valence-corrected chi connectivity index (χ3v) is 5.37. The lowest BCUT2D eigenvalue weighted by Crippen LogP contribution is -2.49. The Bertz CT molecular complexity index is 589. The van der Waals surface area contributed by atoms with Crippen LogP contribution < -0.4 is 0 Å². The lowest BCUT2D eigenvalue weighted by Gasteiger charge is -2.34. The summed E-state index contributed by atoms with van der Waals surface area (Å²) in [6, 6.07) is 1.85. The minimum atomic E-state index is 0.0656. The molecule has 0 unspecified atom stereocenters. The molecule has 0 radical (unpaired) electrons. The molecule has 2 aliphatic rings. The highest BCUT2D eigenvalue weighted by atomic mass is 16.2. The number of aromatic nitrogens is 2. The molecule has 6 nitrogen and oxygen atoms in total. The average molecular weight is 345 g/mol. The van der Waals surface area contributed by atoms with Crippen molar-refractivity contribution >= 4 is 5.91 Å². The number of piperazine rings is 1. The molecule has 0 aromatic carbocycles. The lowest BCUT2D eigenvalue weighted by molar-refractivity contribution is 0.0631. The normalized spacial score (nSPS) is 20.8. The Balaban J connectivity index is 1.68. The van der Waals surface area contributed by atoms with E-state index in [0.29, 0.717) is 11.6 Å². The summed E-state index contributed by atoms with van der Waals surface area (Å²) in [7, 11) is 2.15. The van der Waals surface area contributed by atoms with Gasteiger partial charge in [0.2, 0.25) is 0 Å². The van der Waals surface area contributed by atoms with Crippen LogP contribution in [-0.2, 0) is 0 Å². The number of piperidine rings is 1. The molecule has 138 valence electrons. The molecule has 0 aliphatic carbocycles. The molecule has 25 heavy (non-hydrogen) atoms. The van der Waals surface area contributed by atoms with Crippen LogP contribution in [-0.4, -0.2) is 83.4 Å². The van der Waals surface area contributed by atoms with E-state index < -0.39 is 0 Å². The number of likely N-dealkylation sites (tertiary alicyclic amines) is 1. The molecule has 2 aliphatic heterocycles. The van der Waals surface area contributed by atoms with Crippen molar-refractivity contribution in [2.45, 2.75) is 39.0 Å². The van der Waals surface area contributed by atoms with Gasteiger partial charge in [0.15, 0.2) is 0 Å². The molecule has 0 bridgehead atoms. The van der Waals surface area contributed by atoms with Gasteiger partial charge in [0.1, 0.15) is 11.5 Å². The molecule has 1 aromatic rings. The van der Waals surface area contributed by atoms with Crippen molar-refractivity contribution < 1.29 is 4.79 Å². The highest BCUT2D eigenvalue weighted by Gasteiger charge is 2.26. The third-order valence-electron chi connectivity index (χ3n) is 5.37. The van der Waals surface area contributed by atoms with Crippen molar-refractivity contribution in [3.05, 3.63) is 23.3 Å². The minimum Gasteiger partial charge on any atom is -0.335 e. The van der Waals surface area contributed by atoms with Crippen molar-refractivity contribution in [1.82, 2.24) is 24.7 Å². The van der Waals surface area contributed by atoms with Crippen molar-refractivity contribution in [3.8, 4) is 0 Å². The monoisotopic (exact) mass is 345 g/mol. The standard InChI is InChI=1S/C19H31N5O/c1-4-7-23-10-12-24(13-11-23)19(25)17-14-15(2)20-18(21-17)16-5-8-22(3)9-6-16/h14,16H,4-13H2,1-3H3. The van der Waals surface area contributed by atoms with Gasteiger partial charge >= 0.3 is 0 Å². The van der Waals surface area contributed by atoms with Crippen molar-refractivity contribution in [2.75, 3.05) is 52.9 Å². The predicted molar refractivity (Wildman–Crippen MR) is 98.9 cm³/mol. The molecular formula is C19H31N5O. The number of carbonyl (C=O) groups excluding carboxylic acids is 1. The summed E-state index contributed by atoms with van der Waals surface area (Å²) < 4.78 is 0. The van der Waals surface area contributed by atoms with Gasteiger partial charge in [0, 0.05) is 37.8 Å². The smallest absolute Gasteiger partial charge is 0.272 e. The fourth-order valence-corrected chi connectivity index (χ4v) is 3.80. The Labute approximate surface area is 151 Å². The van der Waals surface area contributed by atoms with Gasteiger partial charge in [-0.25, -0.2) is 9.97 Å². The summed E-state index contributed by atoms with van der Waals surface area (Å²) in [6.45, 7) is 11.0. The predicted octanol–water partition coefficient (Wildman–Crippen LogP) is 1.76. The zero-order chi connectivity index (χ0) is 17.8. The number of hydrogen-bond acceptors (Lipinski definition) is 5. The first-order chi connectivity index (χ1) is 12.1. The van der Waals surface area contributed by atoms with Crippen molar-refractivity contribution in [3.63, 3.8) is 0 Å². The largest absolute Gasteiger partial charge is 0.335 e. The van der Waals surface area contributed by atoms with Gasteiger partial charge in [-0.05, 0) is 58.9 Å². The Morgan fingerprint density at radius 3 is 2.44 bits per heavy atom. The number of hydrogen-bond donors (Lipinski definition) is 0. The van der Waals surface area contributed by atoms with Crippen LogP contribution >= 0.6 is 0 Å². The Kier molecular flexibility index (Phi) is 6.02. The Morgan fingerprint density at radius 1 is 1.12 bits per heavy atom. The molecule has 2 saturated heterocycles. The molecule has 0 saturated carbocycles. The first-order valence-corrected chi connectivity index (χ1v) is 9.62. The van der Waals surface area contributed by atoms with Crippen LogP contribution in [0.3, 0.4) is 0 Å². The van der Waals surface area contributed by atoms with E-state index in [-0.39, 0.29) is 5.91 Å². The van der Waals surface area contributed by atoms with Crippen LogP contribution in [0.15, 0.2) is 6.07 Å². The minimum absolute atomic E-state index is 0.0656. The first kappa shape index (κ1) is 18.3. The molecular weight excluding hydrogens is 314 g/mol. The highest BCUT2D eigenvalue weighted by Crippen LogP contribution is 2.25. The first-order valence-electron chi connectivity index (χ1n) is 9.62. The second-order valence-corrected chi connectivity index (χ2v) is 7.46. The maximum Gasteiger partial charge on any atom is 0.272 e. The van der Waals surface area contributed by atoms with E-state index >= 15 is 0 Å². The van der Waals surface area contributed by atoms with E-state index in [4.69, 9.17) is 0 Å². The quantitative estimate of drug-likeness (QED) is 0.832. The van der Waals surface area contributed by atoms with Gasteiger partial charge in [0.25, 0.3) is 5.91 Å². The van der Waals surface area contributed by atoms with E-state index in [9.17, 15) is 4.79 Å². The third kappa shape index (κ3) is 4.55. The molecule has 0 atom stereocenters. The van der Waals surface area contributed by atoms with Gasteiger partial charge in [-0.15, -0.1) is 0 Å². The van der Waals surface area contributed by atoms with Crippen LogP contribution in [0.1, 0.15) is 54.1 Å². The fourth-order valence-electron chi connectivity index (χ4n) is 3.80. The molecule has 6 heteroatoms. The van der Waals surface area contributed by atoms with Crippen LogP contribution in [0.2, 0.25) is 0 Å². The van der Waals surface area contributed by atoms with Crippen LogP contribution in [0.4, 0.5) is 0 Å². The maximum atomic E-state index is 12.9. The van der Waals surface area contributed by atoms with Crippen LogP contribution in [0.5, 0.6) is 0 Å². The van der Waals surface area contributed by atoms with Crippen molar-refractivity contribution in [1.29, 1.82) is 0 Å². The van der Waals surface area contributed by atoms with Crippen LogP contribution in [0, 0.1) is 6.92 Å².